The maximum absolute atomic E-state index is 12.6. The molecular formula is C10H11ClFNO. The van der Waals surface area contributed by atoms with Gasteiger partial charge in [0.05, 0.1) is 12.4 Å². The van der Waals surface area contributed by atoms with Crippen molar-refractivity contribution in [2.24, 2.45) is 0 Å². The van der Waals surface area contributed by atoms with E-state index in [-0.39, 0.29) is 24.0 Å². The van der Waals surface area contributed by atoms with Crippen LogP contribution in [0.5, 0.6) is 0 Å². The van der Waals surface area contributed by atoms with Crippen molar-refractivity contribution >= 4 is 23.1 Å². The zero-order chi connectivity index (χ0) is 10.6. The molecule has 0 saturated heterocycles. The van der Waals surface area contributed by atoms with Crippen LogP contribution in [0.15, 0.2) is 24.3 Å². The number of nitrogens with zero attached hydrogens (tertiary/aromatic N) is 1. The molecule has 0 aliphatic rings. The van der Waals surface area contributed by atoms with Crippen LogP contribution in [-0.2, 0) is 4.79 Å². The van der Waals surface area contributed by atoms with Crippen LogP contribution in [0.3, 0.4) is 0 Å². The van der Waals surface area contributed by atoms with E-state index in [2.05, 4.69) is 0 Å². The standard InChI is InChI=1S/C10H11ClFNO/c1-13(7-10(14)6-11)9-4-2-8(12)3-5-9/h2-5H,6-7H2,1H3. The van der Waals surface area contributed by atoms with Gasteiger partial charge in [0.2, 0.25) is 0 Å². The van der Waals surface area contributed by atoms with Gasteiger partial charge in [0, 0.05) is 12.7 Å². The Hall–Kier alpha value is -1.09. The number of hydrogen-bond donors (Lipinski definition) is 0. The van der Waals surface area contributed by atoms with E-state index in [9.17, 15) is 9.18 Å². The Morgan fingerprint density at radius 2 is 2.00 bits per heavy atom. The van der Waals surface area contributed by atoms with Gasteiger partial charge in [-0.2, -0.15) is 0 Å². The fourth-order valence-corrected chi connectivity index (χ4v) is 1.18. The number of alkyl halides is 1. The Morgan fingerprint density at radius 3 is 2.50 bits per heavy atom. The van der Waals surface area contributed by atoms with E-state index in [1.54, 1.807) is 24.1 Å². The molecule has 1 aromatic carbocycles. The largest absolute Gasteiger partial charge is 0.367 e. The fraction of sp³-hybridized carbons (Fsp3) is 0.300. The van der Waals surface area contributed by atoms with Crippen LogP contribution in [0.4, 0.5) is 10.1 Å². The molecule has 4 heteroatoms. The number of halogens is 2. The Morgan fingerprint density at radius 1 is 1.43 bits per heavy atom. The summed E-state index contributed by atoms with van der Waals surface area (Å²) in [6.45, 7) is 0.245. The summed E-state index contributed by atoms with van der Waals surface area (Å²) in [5.41, 5.74) is 0.796. The van der Waals surface area contributed by atoms with Gasteiger partial charge >= 0.3 is 0 Å². The highest BCUT2D eigenvalue weighted by Gasteiger charge is 2.05. The predicted octanol–water partition coefficient (Wildman–Crippen LogP) is 2.07. The molecule has 0 N–H and O–H groups in total. The number of Topliss-reactive ketones (excluding diaryl/α,β-unsaturated/α-hetero) is 1. The summed E-state index contributed by atoms with van der Waals surface area (Å²) >= 11 is 5.37. The second-order valence-electron chi connectivity index (χ2n) is 3.00. The summed E-state index contributed by atoms with van der Waals surface area (Å²) < 4.78 is 12.6. The minimum atomic E-state index is -0.286. The zero-order valence-corrected chi connectivity index (χ0v) is 8.59. The molecule has 0 aliphatic heterocycles. The minimum absolute atomic E-state index is 0.00549. The molecule has 0 unspecified atom stereocenters. The highest BCUT2D eigenvalue weighted by Crippen LogP contribution is 2.12. The molecule has 0 saturated carbocycles. The van der Waals surface area contributed by atoms with Crippen molar-refractivity contribution in [3.63, 3.8) is 0 Å². The number of hydrogen-bond acceptors (Lipinski definition) is 2. The maximum atomic E-state index is 12.6. The summed E-state index contributed by atoms with van der Waals surface area (Å²) in [4.78, 5) is 12.7. The van der Waals surface area contributed by atoms with Crippen LogP contribution in [0.1, 0.15) is 0 Å². The second kappa shape index (κ2) is 4.96. The van der Waals surface area contributed by atoms with E-state index >= 15 is 0 Å². The lowest BCUT2D eigenvalue weighted by molar-refractivity contribution is -0.115. The van der Waals surface area contributed by atoms with E-state index in [1.165, 1.54) is 12.1 Å². The highest BCUT2D eigenvalue weighted by atomic mass is 35.5. The zero-order valence-electron chi connectivity index (χ0n) is 7.84. The van der Waals surface area contributed by atoms with Gasteiger partial charge in [0.25, 0.3) is 0 Å². The summed E-state index contributed by atoms with van der Waals surface area (Å²) in [5, 5.41) is 0. The Bertz CT molecular complexity index is 312. The van der Waals surface area contributed by atoms with Gasteiger partial charge in [0.1, 0.15) is 5.82 Å². The van der Waals surface area contributed by atoms with E-state index in [0.717, 1.165) is 5.69 Å². The lowest BCUT2D eigenvalue weighted by atomic mass is 10.3. The van der Waals surface area contributed by atoms with E-state index in [1.807, 2.05) is 0 Å². The third kappa shape index (κ3) is 3.00. The predicted molar refractivity (Wildman–Crippen MR) is 55.4 cm³/mol. The number of anilines is 1. The molecule has 0 aliphatic carbocycles. The third-order valence-corrected chi connectivity index (χ3v) is 2.13. The van der Waals surface area contributed by atoms with E-state index in [4.69, 9.17) is 11.6 Å². The first kappa shape index (κ1) is 11.0. The van der Waals surface area contributed by atoms with Crippen molar-refractivity contribution in [3.05, 3.63) is 30.1 Å². The molecule has 0 aromatic heterocycles. The van der Waals surface area contributed by atoms with Crippen molar-refractivity contribution in [2.45, 2.75) is 0 Å². The second-order valence-corrected chi connectivity index (χ2v) is 3.27. The van der Waals surface area contributed by atoms with Gasteiger partial charge in [0.15, 0.2) is 5.78 Å². The molecule has 14 heavy (non-hydrogen) atoms. The van der Waals surface area contributed by atoms with Gasteiger partial charge in [-0.3, -0.25) is 4.79 Å². The Kier molecular flexibility index (Phi) is 3.89. The first-order valence-corrected chi connectivity index (χ1v) is 4.71. The van der Waals surface area contributed by atoms with E-state index in [0.29, 0.717) is 0 Å². The maximum Gasteiger partial charge on any atom is 0.166 e. The molecule has 0 amide bonds. The van der Waals surface area contributed by atoms with Crippen molar-refractivity contribution in [1.82, 2.24) is 0 Å². The first-order valence-electron chi connectivity index (χ1n) is 4.18. The lowest BCUT2D eigenvalue weighted by Crippen LogP contribution is -2.26. The number of ketones is 1. The molecular weight excluding hydrogens is 205 g/mol. The van der Waals surface area contributed by atoms with Crippen molar-refractivity contribution < 1.29 is 9.18 Å². The Balaban J connectivity index is 2.65. The molecule has 76 valence electrons. The summed E-state index contributed by atoms with van der Waals surface area (Å²) in [5.74, 6) is -0.338. The normalized spacial score (nSPS) is 9.93. The molecule has 0 radical (unpaired) electrons. The lowest BCUT2D eigenvalue weighted by Gasteiger charge is -2.17. The molecule has 2 nitrogen and oxygen atoms in total. The average Bonchev–Trinajstić information content (AvgIpc) is 2.18. The van der Waals surface area contributed by atoms with Gasteiger partial charge in [-0.25, -0.2) is 4.39 Å². The first-order chi connectivity index (χ1) is 6.63. The van der Waals surface area contributed by atoms with Gasteiger partial charge < -0.3 is 4.90 Å². The SMILES string of the molecule is CN(CC(=O)CCl)c1ccc(F)cc1. The molecule has 0 spiro atoms. The molecule has 0 heterocycles. The van der Waals surface area contributed by atoms with Crippen molar-refractivity contribution in [2.75, 3.05) is 24.4 Å². The van der Waals surface area contributed by atoms with Crippen LogP contribution < -0.4 is 4.90 Å². The van der Waals surface area contributed by atoms with Crippen LogP contribution in [0, 0.1) is 5.82 Å². The molecule has 0 fully saturated rings. The molecule has 0 atom stereocenters. The number of rotatable bonds is 4. The van der Waals surface area contributed by atoms with Crippen LogP contribution in [0.2, 0.25) is 0 Å². The topological polar surface area (TPSA) is 20.3 Å². The number of carbonyl (C=O) groups is 1. The van der Waals surface area contributed by atoms with Gasteiger partial charge in [-0.1, -0.05) is 0 Å². The van der Waals surface area contributed by atoms with Gasteiger partial charge in [-0.05, 0) is 24.3 Å². The van der Waals surface area contributed by atoms with Crippen LogP contribution >= 0.6 is 11.6 Å². The molecule has 0 bridgehead atoms. The van der Waals surface area contributed by atoms with Crippen LogP contribution in [-0.4, -0.2) is 25.3 Å². The smallest absolute Gasteiger partial charge is 0.166 e. The highest BCUT2D eigenvalue weighted by molar-refractivity contribution is 6.28. The van der Waals surface area contributed by atoms with Crippen molar-refractivity contribution in [3.8, 4) is 0 Å². The monoisotopic (exact) mass is 215 g/mol. The summed E-state index contributed by atoms with van der Waals surface area (Å²) in [7, 11) is 1.76. The number of likely N-dealkylation sites (N-methyl/N-ethyl adjacent to an activating group) is 1. The number of carbonyl (C=O) groups excluding carboxylic acids is 1. The minimum Gasteiger partial charge on any atom is -0.367 e. The summed E-state index contributed by atoms with van der Waals surface area (Å²) in [6, 6.07) is 5.96. The number of benzene rings is 1. The quantitative estimate of drug-likeness (QED) is 0.717. The molecule has 1 rings (SSSR count). The average molecular weight is 216 g/mol. The molecule has 1 aromatic rings. The van der Waals surface area contributed by atoms with Gasteiger partial charge in [-0.15, -0.1) is 11.6 Å². The van der Waals surface area contributed by atoms with E-state index < -0.39 is 0 Å². The van der Waals surface area contributed by atoms with Crippen molar-refractivity contribution in [1.29, 1.82) is 0 Å². The Labute approximate surface area is 87.3 Å². The third-order valence-electron chi connectivity index (χ3n) is 1.83. The summed E-state index contributed by atoms with van der Waals surface area (Å²) in [6.07, 6.45) is 0. The van der Waals surface area contributed by atoms with Crippen LogP contribution in [0.25, 0.3) is 0 Å². The fourth-order valence-electron chi connectivity index (χ4n) is 1.09.